The molecule has 0 aliphatic rings. The van der Waals surface area contributed by atoms with Gasteiger partial charge < -0.3 is 13.7 Å². The second-order valence-corrected chi connectivity index (χ2v) is 17.4. The van der Waals surface area contributed by atoms with E-state index in [1.54, 1.807) is 48.5 Å². The number of hydrogen-bond donors (Lipinski definition) is 0. The molecule has 13 aromatic rings. The number of rotatable bonds is 6. The van der Waals surface area contributed by atoms with Crippen LogP contribution in [-0.2, 0) is 0 Å². The third-order valence-electron chi connectivity index (χ3n) is 13.6. The highest BCUT2D eigenvalue weighted by atomic mass is 15.0. The maximum absolute atomic E-state index is 11.2. The van der Waals surface area contributed by atoms with Gasteiger partial charge in [-0.2, -0.15) is 21.0 Å². The monoisotopic (exact) mass is 903 g/mol. The maximum Gasteiger partial charge on any atom is 0.161 e. The first kappa shape index (κ1) is 40.7. The zero-order chi connectivity index (χ0) is 47.7. The van der Waals surface area contributed by atoms with Crippen molar-refractivity contribution in [1.29, 1.82) is 21.0 Å². The molecule has 9 aromatic carbocycles. The van der Waals surface area contributed by atoms with Crippen molar-refractivity contribution in [3.63, 3.8) is 0 Å². The molecule has 0 saturated carbocycles. The van der Waals surface area contributed by atoms with E-state index in [1.165, 1.54) is 0 Å². The van der Waals surface area contributed by atoms with Gasteiger partial charge in [0.2, 0.25) is 0 Å². The van der Waals surface area contributed by atoms with Gasteiger partial charge >= 0.3 is 0 Å². The predicted octanol–water partition coefficient (Wildman–Crippen LogP) is 14.3. The van der Waals surface area contributed by atoms with Crippen LogP contribution in [-0.4, -0.2) is 23.7 Å². The molecular formula is C62H33N9. The Bertz CT molecular complexity index is 4210. The fourth-order valence-corrected chi connectivity index (χ4v) is 10.5. The molecule has 0 aliphatic carbocycles. The van der Waals surface area contributed by atoms with Crippen LogP contribution < -0.4 is 0 Å². The van der Waals surface area contributed by atoms with Crippen LogP contribution in [0, 0.1) is 45.3 Å². The minimum absolute atomic E-state index is 0.257. The van der Waals surface area contributed by atoms with E-state index < -0.39 is 0 Å². The number of aromatic nitrogens is 5. The van der Waals surface area contributed by atoms with Crippen molar-refractivity contribution < 1.29 is 0 Å². The smallest absolute Gasteiger partial charge is 0.161 e. The summed E-state index contributed by atoms with van der Waals surface area (Å²) in [5.74, 6) is 0.268. The fraction of sp³-hybridized carbons (Fsp3) is 0. The average Bonchev–Trinajstić information content (AvgIpc) is 4.07. The Hall–Kier alpha value is -10.6. The molecule has 0 bridgehead atoms. The second kappa shape index (κ2) is 16.0. The summed E-state index contributed by atoms with van der Waals surface area (Å²) in [6, 6.07) is 75.6. The van der Waals surface area contributed by atoms with Crippen molar-refractivity contribution in [2.75, 3.05) is 0 Å². The summed E-state index contributed by atoms with van der Waals surface area (Å²) in [5.41, 5.74) is 12.1. The van der Waals surface area contributed by atoms with Crippen LogP contribution in [0.15, 0.2) is 200 Å². The zero-order valence-corrected chi connectivity index (χ0v) is 37.6. The molecule has 326 valence electrons. The molecular weight excluding hydrogens is 871 g/mol. The second-order valence-electron chi connectivity index (χ2n) is 17.4. The summed E-state index contributed by atoms with van der Waals surface area (Å²) >= 11 is 0. The maximum atomic E-state index is 11.2. The van der Waals surface area contributed by atoms with Gasteiger partial charge in [-0.25, -0.2) is 9.97 Å². The van der Waals surface area contributed by atoms with Crippen molar-refractivity contribution in [2.45, 2.75) is 0 Å². The quantitative estimate of drug-likeness (QED) is 0.163. The number of para-hydroxylation sites is 4. The highest BCUT2D eigenvalue weighted by molar-refractivity contribution is 6.14. The molecule has 0 atom stereocenters. The van der Waals surface area contributed by atoms with Crippen molar-refractivity contribution in [3.05, 3.63) is 222 Å². The van der Waals surface area contributed by atoms with Crippen LogP contribution in [0.5, 0.6) is 0 Å². The summed E-state index contributed by atoms with van der Waals surface area (Å²) in [5, 5.41) is 49.2. The van der Waals surface area contributed by atoms with Crippen LogP contribution in [0.25, 0.3) is 116 Å². The molecule has 0 unspecified atom stereocenters. The van der Waals surface area contributed by atoms with Crippen molar-refractivity contribution >= 4 is 65.4 Å². The third kappa shape index (κ3) is 6.22. The lowest BCUT2D eigenvalue weighted by atomic mass is 9.98. The van der Waals surface area contributed by atoms with Gasteiger partial charge in [-0.15, -0.1) is 0 Å². The largest absolute Gasteiger partial charge is 0.309 e. The lowest BCUT2D eigenvalue weighted by molar-refractivity contribution is 1.14. The van der Waals surface area contributed by atoms with Gasteiger partial charge in [0, 0.05) is 60.4 Å². The molecule has 0 saturated heterocycles. The normalized spacial score (nSPS) is 11.3. The predicted molar refractivity (Wildman–Crippen MR) is 280 cm³/mol. The van der Waals surface area contributed by atoms with Crippen molar-refractivity contribution in [2.24, 2.45) is 0 Å². The summed E-state index contributed by atoms with van der Waals surface area (Å²) in [4.78, 5) is 9.88. The van der Waals surface area contributed by atoms with E-state index in [9.17, 15) is 21.0 Å². The van der Waals surface area contributed by atoms with E-state index in [0.717, 1.165) is 76.8 Å². The van der Waals surface area contributed by atoms with Crippen LogP contribution in [0.4, 0.5) is 0 Å². The molecule has 0 N–H and O–H groups in total. The number of fused-ring (bicyclic) bond motifs is 9. The van der Waals surface area contributed by atoms with Gasteiger partial charge in [0.1, 0.15) is 12.1 Å². The van der Waals surface area contributed by atoms with Gasteiger partial charge in [0.15, 0.2) is 5.82 Å². The van der Waals surface area contributed by atoms with Crippen LogP contribution in [0.3, 0.4) is 0 Å². The fourth-order valence-electron chi connectivity index (χ4n) is 10.5. The number of hydrogen-bond acceptors (Lipinski definition) is 6. The molecule has 0 radical (unpaired) electrons. The Kier molecular flexibility index (Phi) is 9.19. The SMILES string of the molecule is N#Cc1ccccc1-c1cc(-c2cc(C#N)c(-n3c4ccc(-n5c6ccccc6c6ccccc65)cc4c4cc(-n5c6ccccc6c6ccccc65)ccc43)c(C#N)c2)nc(-c2ccccc2C#N)n1. The van der Waals surface area contributed by atoms with Gasteiger partial charge in [-0.3, -0.25) is 0 Å². The third-order valence-corrected chi connectivity index (χ3v) is 13.6. The Labute approximate surface area is 406 Å². The number of benzene rings is 9. The molecule has 9 heteroatoms. The summed E-state index contributed by atoms with van der Waals surface area (Å²) in [7, 11) is 0. The molecule has 0 fully saturated rings. The van der Waals surface area contributed by atoms with E-state index >= 15 is 0 Å². The molecule has 9 nitrogen and oxygen atoms in total. The molecule has 0 spiro atoms. The molecule has 4 heterocycles. The van der Waals surface area contributed by atoms with Crippen molar-refractivity contribution in [1.82, 2.24) is 23.7 Å². The first-order valence-electron chi connectivity index (χ1n) is 23.0. The first-order chi connectivity index (χ1) is 35.0. The van der Waals surface area contributed by atoms with Gasteiger partial charge in [0.05, 0.1) is 84.6 Å². The van der Waals surface area contributed by atoms with E-state index in [1.807, 2.05) is 22.8 Å². The van der Waals surface area contributed by atoms with Crippen LogP contribution in [0.2, 0.25) is 0 Å². The molecule has 4 aromatic heterocycles. The number of nitrogens with zero attached hydrogens (tertiary/aromatic N) is 9. The Balaban J connectivity index is 1.08. The Morgan fingerprint density at radius 1 is 0.310 bits per heavy atom. The lowest BCUT2D eigenvalue weighted by Gasteiger charge is -2.16. The number of nitriles is 4. The average molecular weight is 904 g/mol. The minimum atomic E-state index is 0.257. The van der Waals surface area contributed by atoms with E-state index in [4.69, 9.17) is 9.97 Å². The summed E-state index contributed by atoms with van der Waals surface area (Å²) in [6.07, 6.45) is 0. The van der Waals surface area contributed by atoms with E-state index in [-0.39, 0.29) is 17.0 Å². The summed E-state index contributed by atoms with van der Waals surface area (Å²) in [6.45, 7) is 0. The Morgan fingerprint density at radius 3 is 1.15 bits per heavy atom. The van der Waals surface area contributed by atoms with Crippen LogP contribution >= 0.6 is 0 Å². The first-order valence-corrected chi connectivity index (χ1v) is 23.0. The van der Waals surface area contributed by atoms with E-state index in [2.05, 4.69) is 167 Å². The molecule has 71 heavy (non-hydrogen) atoms. The minimum Gasteiger partial charge on any atom is -0.309 e. The molecule has 0 amide bonds. The van der Waals surface area contributed by atoms with Gasteiger partial charge in [-0.05, 0) is 97.1 Å². The van der Waals surface area contributed by atoms with Gasteiger partial charge in [0.25, 0.3) is 0 Å². The van der Waals surface area contributed by atoms with Gasteiger partial charge in [-0.1, -0.05) is 103 Å². The zero-order valence-electron chi connectivity index (χ0n) is 37.6. The topological polar surface area (TPSA) is 136 Å². The highest BCUT2D eigenvalue weighted by Gasteiger charge is 2.24. The molecule has 0 aliphatic heterocycles. The summed E-state index contributed by atoms with van der Waals surface area (Å²) < 4.78 is 6.64. The van der Waals surface area contributed by atoms with Crippen molar-refractivity contribution in [3.8, 4) is 75.2 Å². The molecule has 13 rings (SSSR count). The Morgan fingerprint density at radius 2 is 0.690 bits per heavy atom. The lowest BCUT2D eigenvalue weighted by Crippen LogP contribution is -2.04. The van der Waals surface area contributed by atoms with Crippen LogP contribution in [0.1, 0.15) is 22.3 Å². The highest BCUT2D eigenvalue weighted by Crippen LogP contribution is 2.42. The standard InChI is InChI=1S/C62H33N9/c63-34-38-13-1-3-15-45(38)54-33-53(67-62(68-54)46-16-4-2-14-39(46)35-64)40-29-41(36-65)61(42(30-40)37-66)71-59-27-25-43(69-55-21-9-5-17-47(55)48-18-6-10-22-56(48)69)31-51(59)52-32-44(26-28-60(52)71)70-57-23-11-7-19-49(57)50-20-8-12-24-58(50)70/h1-33H. The van der Waals surface area contributed by atoms with E-state index in [0.29, 0.717) is 44.9 Å².